The van der Waals surface area contributed by atoms with Gasteiger partial charge in [0, 0.05) is 12.5 Å². The van der Waals surface area contributed by atoms with Crippen LogP contribution in [0.25, 0.3) is 0 Å². The summed E-state index contributed by atoms with van der Waals surface area (Å²) in [5.74, 6) is -0.402. The molecule has 18 heavy (non-hydrogen) atoms. The van der Waals surface area contributed by atoms with Crippen molar-refractivity contribution in [2.75, 3.05) is 0 Å². The van der Waals surface area contributed by atoms with Crippen LogP contribution in [-0.2, 0) is 4.79 Å². The molecule has 1 fully saturated rings. The molecule has 2 unspecified atom stereocenters. The van der Waals surface area contributed by atoms with Crippen LogP contribution in [-0.4, -0.2) is 17.6 Å². The minimum absolute atomic E-state index is 0.196. The van der Waals surface area contributed by atoms with Crippen molar-refractivity contribution in [2.45, 2.75) is 37.3 Å². The van der Waals surface area contributed by atoms with Gasteiger partial charge in [0.1, 0.15) is 17.7 Å². The molecule has 1 aromatic rings. The molecule has 1 aliphatic carbocycles. The van der Waals surface area contributed by atoms with Gasteiger partial charge in [-0.05, 0) is 31.4 Å². The maximum atomic E-state index is 13.0. The Morgan fingerprint density at radius 3 is 2.94 bits per heavy atom. The van der Waals surface area contributed by atoms with E-state index >= 15 is 0 Å². The smallest absolute Gasteiger partial charge is 0.237 e. The van der Waals surface area contributed by atoms with E-state index in [-0.39, 0.29) is 11.9 Å². The lowest BCUT2D eigenvalue weighted by molar-refractivity contribution is -0.125. The summed E-state index contributed by atoms with van der Waals surface area (Å²) in [6.45, 7) is 0. The Hall–Kier alpha value is -1.62. The third kappa shape index (κ3) is 2.79. The topological polar surface area (TPSA) is 78.3 Å². The highest BCUT2D eigenvalue weighted by Crippen LogP contribution is 2.29. The number of hydrogen-bond donors (Lipinski definition) is 2. The van der Waals surface area contributed by atoms with Gasteiger partial charge in [-0.2, -0.15) is 0 Å². The summed E-state index contributed by atoms with van der Waals surface area (Å²) in [4.78, 5) is 11.3. The first-order valence-corrected chi connectivity index (χ1v) is 6.01. The van der Waals surface area contributed by atoms with Gasteiger partial charge in [0.15, 0.2) is 0 Å². The molecule has 2 rings (SSSR count). The van der Waals surface area contributed by atoms with Crippen LogP contribution in [0, 0.1) is 5.82 Å². The SMILES string of the molecule is NC(=O)C1(N)CCCC(Oc2cccc(F)c2)C1. The summed E-state index contributed by atoms with van der Waals surface area (Å²) in [5.41, 5.74) is 10.2. The monoisotopic (exact) mass is 252 g/mol. The number of benzene rings is 1. The third-order valence-electron chi connectivity index (χ3n) is 3.33. The third-order valence-corrected chi connectivity index (χ3v) is 3.33. The predicted octanol–water partition coefficient (Wildman–Crippen LogP) is 1.33. The van der Waals surface area contributed by atoms with E-state index in [2.05, 4.69) is 0 Å². The van der Waals surface area contributed by atoms with Crippen LogP contribution in [0.15, 0.2) is 24.3 Å². The second kappa shape index (κ2) is 4.94. The minimum atomic E-state index is -1.00. The average Bonchev–Trinajstić information content (AvgIpc) is 2.29. The summed E-state index contributed by atoms with van der Waals surface area (Å²) in [6, 6.07) is 5.93. The second-order valence-corrected chi connectivity index (χ2v) is 4.81. The molecule has 0 radical (unpaired) electrons. The number of ether oxygens (including phenoxy) is 1. The maximum Gasteiger partial charge on any atom is 0.237 e. The van der Waals surface area contributed by atoms with Gasteiger partial charge in [-0.3, -0.25) is 4.79 Å². The van der Waals surface area contributed by atoms with Crippen molar-refractivity contribution < 1.29 is 13.9 Å². The summed E-state index contributed by atoms with van der Waals surface area (Å²) < 4.78 is 18.7. The summed E-state index contributed by atoms with van der Waals surface area (Å²) in [7, 11) is 0. The Balaban J connectivity index is 2.04. The van der Waals surface area contributed by atoms with Gasteiger partial charge in [0.05, 0.1) is 5.54 Å². The fourth-order valence-electron chi connectivity index (χ4n) is 2.31. The fourth-order valence-corrected chi connectivity index (χ4v) is 2.31. The van der Waals surface area contributed by atoms with Crippen molar-refractivity contribution in [3.8, 4) is 5.75 Å². The van der Waals surface area contributed by atoms with Crippen LogP contribution >= 0.6 is 0 Å². The van der Waals surface area contributed by atoms with Crippen molar-refractivity contribution in [3.05, 3.63) is 30.1 Å². The Kier molecular flexibility index (Phi) is 3.52. The van der Waals surface area contributed by atoms with Crippen LogP contribution in [0.4, 0.5) is 4.39 Å². The Bertz CT molecular complexity index is 452. The molecule has 4 nitrogen and oxygen atoms in total. The zero-order valence-electron chi connectivity index (χ0n) is 10.1. The predicted molar refractivity (Wildman–Crippen MR) is 65.4 cm³/mol. The van der Waals surface area contributed by atoms with Gasteiger partial charge in [-0.1, -0.05) is 6.07 Å². The molecular weight excluding hydrogens is 235 g/mol. The largest absolute Gasteiger partial charge is 0.490 e. The number of rotatable bonds is 3. The highest BCUT2D eigenvalue weighted by Gasteiger charge is 2.38. The molecule has 0 heterocycles. The molecule has 0 spiro atoms. The molecule has 1 saturated carbocycles. The van der Waals surface area contributed by atoms with Crippen molar-refractivity contribution in [2.24, 2.45) is 11.5 Å². The van der Waals surface area contributed by atoms with Gasteiger partial charge in [-0.15, -0.1) is 0 Å². The van der Waals surface area contributed by atoms with Crippen molar-refractivity contribution >= 4 is 5.91 Å². The first-order chi connectivity index (χ1) is 8.49. The zero-order valence-corrected chi connectivity index (χ0v) is 10.1. The van der Waals surface area contributed by atoms with Gasteiger partial charge >= 0.3 is 0 Å². The number of hydrogen-bond acceptors (Lipinski definition) is 3. The number of nitrogens with two attached hydrogens (primary N) is 2. The zero-order chi connectivity index (χ0) is 13.2. The Labute approximate surface area is 105 Å². The molecule has 2 atom stereocenters. The van der Waals surface area contributed by atoms with E-state index in [0.29, 0.717) is 18.6 Å². The first-order valence-electron chi connectivity index (χ1n) is 6.01. The van der Waals surface area contributed by atoms with Gasteiger partial charge in [0.2, 0.25) is 5.91 Å². The molecule has 98 valence electrons. The summed E-state index contributed by atoms with van der Waals surface area (Å²) >= 11 is 0. The standard InChI is InChI=1S/C13H17FN2O2/c14-9-3-1-4-10(7-9)18-11-5-2-6-13(16,8-11)12(15)17/h1,3-4,7,11H,2,5-6,8,16H2,(H2,15,17). The van der Waals surface area contributed by atoms with E-state index < -0.39 is 11.4 Å². The lowest BCUT2D eigenvalue weighted by Crippen LogP contribution is -2.56. The molecule has 4 N–H and O–H groups in total. The van der Waals surface area contributed by atoms with Crippen molar-refractivity contribution in [3.63, 3.8) is 0 Å². The molecule has 1 aliphatic rings. The average molecular weight is 252 g/mol. The van der Waals surface area contributed by atoms with E-state index in [1.54, 1.807) is 12.1 Å². The van der Waals surface area contributed by atoms with Crippen LogP contribution in [0.2, 0.25) is 0 Å². The second-order valence-electron chi connectivity index (χ2n) is 4.81. The van der Waals surface area contributed by atoms with Crippen molar-refractivity contribution in [1.29, 1.82) is 0 Å². The van der Waals surface area contributed by atoms with E-state index in [1.165, 1.54) is 12.1 Å². The molecule has 1 aromatic carbocycles. The summed E-state index contributed by atoms with van der Waals surface area (Å²) in [6.07, 6.45) is 2.32. The highest BCUT2D eigenvalue weighted by atomic mass is 19.1. The number of halogens is 1. The number of carbonyl (C=O) groups is 1. The molecular formula is C13H17FN2O2. The Morgan fingerprint density at radius 1 is 1.50 bits per heavy atom. The van der Waals surface area contributed by atoms with E-state index in [4.69, 9.17) is 16.2 Å². The van der Waals surface area contributed by atoms with Crippen LogP contribution in [0.3, 0.4) is 0 Å². The van der Waals surface area contributed by atoms with Crippen molar-refractivity contribution in [1.82, 2.24) is 0 Å². The molecule has 0 aliphatic heterocycles. The normalized spacial score (nSPS) is 27.8. The fraction of sp³-hybridized carbons (Fsp3) is 0.462. The minimum Gasteiger partial charge on any atom is -0.490 e. The molecule has 0 bridgehead atoms. The van der Waals surface area contributed by atoms with Gasteiger partial charge in [0.25, 0.3) is 0 Å². The molecule has 5 heteroatoms. The van der Waals surface area contributed by atoms with E-state index in [9.17, 15) is 9.18 Å². The van der Waals surface area contributed by atoms with Crippen LogP contribution in [0.5, 0.6) is 5.75 Å². The molecule has 0 saturated heterocycles. The highest BCUT2D eigenvalue weighted by molar-refractivity contribution is 5.84. The quantitative estimate of drug-likeness (QED) is 0.851. The number of amides is 1. The van der Waals surface area contributed by atoms with Crippen LogP contribution < -0.4 is 16.2 Å². The van der Waals surface area contributed by atoms with Gasteiger partial charge < -0.3 is 16.2 Å². The van der Waals surface area contributed by atoms with Gasteiger partial charge in [-0.25, -0.2) is 4.39 Å². The maximum absolute atomic E-state index is 13.0. The summed E-state index contributed by atoms with van der Waals surface area (Å²) in [5, 5.41) is 0. The number of primary amides is 1. The lowest BCUT2D eigenvalue weighted by atomic mass is 9.80. The Morgan fingerprint density at radius 2 is 2.28 bits per heavy atom. The number of carbonyl (C=O) groups excluding carboxylic acids is 1. The van der Waals surface area contributed by atoms with Crippen LogP contribution in [0.1, 0.15) is 25.7 Å². The lowest BCUT2D eigenvalue weighted by Gasteiger charge is -2.35. The first kappa shape index (κ1) is 12.8. The molecule has 0 aromatic heterocycles. The van der Waals surface area contributed by atoms with E-state index in [1.807, 2.05) is 0 Å². The van der Waals surface area contributed by atoms with E-state index in [0.717, 1.165) is 12.8 Å². The molecule has 1 amide bonds.